The van der Waals surface area contributed by atoms with Gasteiger partial charge in [0.25, 0.3) is 0 Å². The fourth-order valence-electron chi connectivity index (χ4n) is 2.59. The summed E-state index contributed by atoms with van der Waals surface area (Å²) in [6, 6.07) is 13.3. The van der Waals surface area contributed by atoms with E-state index in [0.717, 1.165) is 28.4 Å². The van der Waals surface area contributed by atoms with E-state index in [9.17, 15) is 4.79 Å². The summed E-state index contributed by atoms with van der Waals surface area (Å²) >= 11 is 0. The van der Waals surface area contributed by atoms with Gasteiger partial charge in [0, 0.05) is 19.2 Å². The van der Waals surface area contributed by atoms with E-state index >= 15 is 0 Å². The highest BCUT2D eigenvalue weighted by atomic mass is 16.7. The average molecular weight is 339 g/mol. The normalized spacial score (nSPS) is 12.4. The molecule has 0 unspecified atom stereocenters. The van der Waals surface area contributed by atoms with Crippen LogP contribution in [-0.4, -0.2) is 31.3 Å². The van der Waals surface area contributed by atoms with E-state index < -0.39 is 0 Å². The number of fused-ring (bicyclic) bond motifs is 1. The molecule has 1 aliphatic rings. The molecule has 0 saturated carbocycles. The van der Waals surface area contributed by atoms with E-state index in [2.05, 4.69) is 0 Å². The van der Waals surface area contributed by atoms with Crippen molar-refractivity contribution < 1.29 is 19.0 Å². The Balaban J connectivity index is 1.65. The second-order valence-corrected chi connectivity index (χ2v) is 5.65. The lowest BCUT2D eigenvalue weighted by Gasteiger charge is -2.19. The summed E-state index contributed by atoms with van der Waals surface area (Å²) in [5, 5.41) is 0. The van der Waals surface area contributed by atoms with Crippen LogP contribution < -0.4 is 14.2 Å². The van der Waals surface area contributed by atoms with E-state index in [1.807, 2.05) is 55.5 Å². The maximum Gasteiger partial charge on any atom is 0.246 e. The van der Waals surface area contributed by atoms with Crippen molar-refractivity contribution in [3.05, 3.63) is 59.7 Å². The van der Waals surface area contributed by atoms with Crippen LogP contribution in [0.2, 0.25) is 0 Å². The van der Waals surface area contributed by atoms with Crippen molar-refractivity contribution in [3.63, 3.8) is 0 Å². The Hall–Kier alpha value is -2.95. The van der Waals surface area contributed by atoms with Crippen LogP contribution in [-0.2, 0) is 11.3 Å². The fourth-order valence-corrected chi connectivity index (χ4v) is 2.59. The van der Waals surface area contributed by atoms with Gasteiger partial charge in [0.2, 0.25) is 12.7 Å². The largest absolute Gasteiger partial charge is 0.497 e. The second-order valence-electron chi connectivity index (χ2n) is 5.65. The summed E-state index contributed by atoms with van der Waals surface area (Å²) in [4.78, 5) is 14.2. The Morgan fingerprint density at radius 2 is 1.92 bits per heavy atom. The number of rotatable bonds is 6. The van der Waals surface area contributed by atoms with Crippen LogP contribution >= 0.6 is 0 Å². The first-order chi connectivity index (χ1) is 12.2. The summed E-state index contributed by atoms with van der Waals surface area (Å²) in [6.45, 7) is 3.37. The van der Waals surface area contributed by atoms with E-state index in [4.69, 9.17) is 14.2 Å². The number of hydrogen-bond donors (Lipinski definition) is 0. The molecule has 0 spiro atoms. The number of carbonyl (C=O) groups is 1. The molecule has 0 aliphatic carbocycles. The Morgan fingerprint density at radius 3 is 2.64 bits per heavy atom. The van der Waals surface area contributed by atoms with Gasteiger partial charge in [-0.3, -0.25) is 4.79 Å². The van der Waals surface area contributed by atoms with E-state index in [1.54, 1.807) is 18.1 Å². The SMILES string of the molecule is CCN(Cc1ccc2c(c1)OCO2)C(=O)/C=C/c1ccc(OC)cc1. The monoisotopic (exact) mass is 339 g/mol. The van der Waals surface area contributed by atoms with Gasteiger partial charge >= 0.3 is 0 Å². The first-order valence-electron chi connectivity index (χ1n) is 8.19. The van der Waals surface area contributed by atoms with Gasteiger partial charge < -0.3 is 19.1 Å². The molecule has 5 heteroatoms. The molecular weight excluding hydrogens is 318 g/mol. The molecule has 0 radical (unpaired) electrons. The summed E-state index contributed by atoms with van der Waals surface area (Å²) in [5.41, 5.74) is 1.96. The van der Waals surface area contributed by atoms with Crippen LogP contribution in [0.25, 0.3) is 6.08 Å². The molecule has 0 saturated heterocycles. The van der Waals surface area contributed by atoms with Gasteiger partial charge in [0.05, 0.1) is 7.11 Å². The van der Waals surface area contributed by atoms with Gasteiger partial charge in [-0.25, -0.2) is 0 Å². The number of likely N-dealkylation sites (N-methyl/N-ethyl adjacent to an activating group) is 1. The van der Waals surface area contributed by atoms with Crippen molar-refractivity contribution >= 4 is 12.0 Å². The number of ether oxygens (including phenoxy) is 3. The zero-order chi connectivity index (χ0) is 17.6. The number of carbonyl (C=O) groups excluding carboxylic acids is 1. The lowest BCUT2D eigenvalue weighted by Crippen LogP contribution is -2.28. The Labute approximate surface area is 147 Å². The first-order valence-corrected chi connectivity index (χ1v) is 8.19. The minimum atomic E-state index is -0.0315. The average Bonchev–Trinajstić information content (AvgIpc) is 3.12. The molecular formula is C20H21NO4. The summed E-state index contributed by atoms with van der Waals surface area (Å²) in [5.74, 6) is 2.24. The molecule has 5 nitrogen and oxygen atoms in total. The maximum atomic E-state index is 12.5. The molecule has 130 valence electrons. The summed E-state index contributed by atoms with van der Waals surface area (Å²) in [6.07, 6.45) is 3.41. The number of nitrogens with zero attached hydrogens (tertiary/aromatic N) is 1. The van der Waals surface area contributed by atoms with Crippen molar-refractivity contribution in [3.8, 4) is 17.2 Å². The third-order valence-corrected chi connectivity index (χ3v) is 4.04. The number of benzene rings is 2. The van der Waals surface area contributed by atoms with Crippen molar-refractivity contribution in [2.24, 2.45) is 0 Å². The smallest absolute Gasteiger partial charge is 0.246 e. The Kier molecular flexibility index (Phi) is 5.23. The molecule has 0 atom stereocenters. The molecule has 0 aromatic heterocycles. The minimum Gasteiger partial charge on any atom is -0.497 e. The minimum absolute atomic E-state index is 0.0315. The van der Waals surface area contributed by atoms with Gasteiger partial charge in [-0.1, -0.05) is 18.2 Å². The molecule has 0 N–H and O–H groups in total. The van der Waals surface area contributed by atoms with Gasteiger partial charge in [0.1, 0.15) is 5.75 Å². The van der Waals surface area contributed by atoms with E-state index in [1.165, 1.54) is 0 Å². The predicted octanol–water partition coefficient (Wildman–Crippen LogP) is 3.49. The number of amides is 1. The zero-order valence-corrected chi connectivity index (χ0v) is 14.4. The van der Waals surface area contributed by atoms with Gasteiger partial charge in [-0.05, 0) is 48.4 Å². The van der Waals surface area contributed by atoms with Crippen LogP contribution in [0.4, 0.5) is 0 Å². The zero-order valence-electron chi connectivity index (χ0n) is 14.4. The fraction of sp³-hybridized carbons (Fsp3) is 0.250. The molecule has 25 heavy (non-hydrogen) atoms. The van der Waals surface area contributed by atoms with Crippen LogP contribution in [0.5, 0.6) is 17.2 Å². The van der Waals surface area contributed by atoms with Gasteiger partial charge in [-0.15, -0.1) is 0 Å². The second kappa shape index (κ2) is 7.75. The maximum absolute atomic E-state index is 12.5. The molecule has 2 aromatic rings. The lowest BCUT2D eigenvalue weighted by molar-refractivity contribution is -0.126. The van der Waals surface area contributed by atoms with Crippen LogP contribution in [0.15, 0.2) is 48.5 Å². The molecule has 2 aromatic carbocycles. The third kappa shape index (κ3) is 4.12. The predicted molar refractivity (Wildman–Crippen MR) is 95.7 cm³/mol. The van der Waals surface area contributed by atoms with E-state index in [0.29, 0.717) is 13.1 Å². The number of hydrogen-bond acceptors (Lipinski definition) is 4. The van der Waals surface area contributed by atoms with Gasteiger partial charge in [-0.2, -0.15) is 0 Å². The van der Waals surface area contributed by atoms with Crippen molar-refractivity contribution in [2.75, 3.05) is 20.4 Å². The summed E-state index contributed by atoms with van der Waals surface area (Å²) in [7, 11) is 1.63. The van der Waals surface area contributed by atoms with Crippen molar-refractivity contribution in [1.82, 2.24) is 4.90 Å². The topological polar surface area (TPSA) is 48.0 Å². The van der Waals surface area contributed by atoms with Gasteiger partial charge in [0.15, 0.2) is 11.5 Å². The van der Waals surface area contributed by atoms with Crippen molar-refractivity contribution in [1.29, 1.82) is 0 Å². The highest BCUT2D eigenvalue weighted by molar-refractivity contribution is 5.91. The van der Waals surface area contributed by atoms with Crippen LogP contribution in [0.3, 0.4) is 0 Å². The van der Waals surface area contributed by atoms with E-state index in [-0.39, 0.29) is 12.7 Å². The van der Waals surface area contributed by atoms with Crippen LogP contribution in [0.1, 0.15) is 18.1 Å². The molecule has 3 rings (SSSR count). The number of methoxy groups -OCH3 is 1. The third-order valence-electron chi connectivity index (χ3n) is 4.04. The summed E-state index contributed by atoms with van der Waals surface area (Å²) < 4.78 is 15.8. The molecule has 1 amide bonds. The lowest BCUT2D eigenvalue weighted by atomic mass is 10.1. The molecule has 1 aliphatic heterocycles. The van der Waals surface area contributed by atoms with Crippen molar-refractivity contribution in [2.45, 2.75) is 13.5 Å². The Morgan fingerprint density at radius 1 is 1.16 bits per heavy atom. The highest BCUT2D eigenvalue weighted by Gasteiger charge is 2.15. The van der Waals surface area contributed by atoms with Crippen LogP contribution in [0, 0.1) is 0 Å². The molecule has 0 fully saturated rings. The first kappa shape index (κ1) is 16.9. The quantitative estimate of drug-likeness (QED) is 0.756. The standard InChI is InChI=1S/C20H21NO4/c1-3-21(13-16-6-10-18-19(12-16)25-14-24-18)20(22)11-7-15-4-8-17(23-2)9-5-15/h4-12H,3,13-14H2,1-2H3/b11-7+. The molecule has 0 bridgehead atoms. The highest BCUT2D eigenvalue weighted by Crippen LogP contribution is 2.32. The Bertz CT molecular complexity index is 768. The molecule has 1 heterocycles.